The number of hydrogen-bond donors (Lipinski definition) is 4. The van der Waals surface area contributed by atoms with Crippen LogP contribution in [0, 0.1) is 0 Å². The van der Waals surface area contributed by atoms with Gasteiger partial charge in [-0.25, -0.2) is 4.79 Å². The lowest BCUT2D eigenvalue weighted by Crippen LogP contribution is -2.21. The van der Waals surface area contributed by atoms with Gasteiger partial charge in [-0.3, -0.25) is 14.5 Å². The predicted molar refractivity (Wildman–Crippen MR) is 128 cm³/mol. The Morgan fingerprint density at radius 2 is 1.55 bits per heavy atom. The molecular formula is C23H25N3O6S. The highest BCUT2D eigenvalue weighted by atomic mass is 32.3. The first kappa shape index (κ1) is 25.5. The molecule has 0 aliphatic rings. The summed E-state index contributed by atoms with van der Waals surface area (Å²) >= 11 is 0. The van der Waals surface area contributed by atoms with Crippen molar-refractivity contribution in [3.8, 4) is 0 Å². The van der Waals surface area contributed by atoms with Crippen molar-refractivity contribution >= 4 is 34.0 Å². The second kappa shape index (κ2) is 12.3. The van der Waals surface area contributed by atoms with E-state index in [0.717, 1.165) is 24.3 Å². The van der Waals surface area contributed by atoms with E-state index in [9.17, 15) is 4.79 Å². The molecule has 174 valence electrons. The molecule has 9 nitrogen and oxygen atoms in total. The van der Waals surface area contributed by atoms with Crippen molar-refractivity contribution in [3.05, 3.63) is 95.6 Å². The van der Waals surface area contributed by atoms with Crippen LogP contribution in [-0.4, -0.2) is 41.4 Å². The van der Waals surface area contributed by atoms with Crippen LogP contribution in [-0.2, 0) is 16.9 Å². The first-order valence-electron chi connectivity index (χ1n) is 9.87. The van der Waals surface area contributed by atoms with Crippen molar-refractivity contribution in [1.82, 2.24) is 0 Å². The molecule has 0 saturated carbocycles. The average Bonchev–Trinajstić information content (AvgIpc) is 2.78. The van der Waals surface area contributed by atoms with Crippen molar-refractivity contribution in [3.63, 3.8) is 0 Å². The van der Waals surface area contributed by atoms with E-state index in [1.807, 2.05) is 18.2 Å². The van der Waals surface area contributed by atoms with Gasteiger partial charge in [-0.15, -0.1) is 0 Å². The lowest BCUT2D eigenvalue weighted by molar-refractivity contribution is 0.0697. The molecule has 10 heteroatoms. The maximum absolute atomic E-state index is 10.9. The zero-order valence-electron chi connectivity index (χ0n) is 17.9. The van der Waals surface area contributed by atoms with Gasteiger partial charge in [0.1, 0.15) is 0 Å². The summed E-state index contributed by atoms with van der Waals surface area (Å²) in [6.45, 7) is 3.95. The zero-order chi connectivity index (χ0) is 24.3. The van der Waals surface area contributed by atoms with Crippen LogP contribution in [0.15, 0.2) is 84.0 Å². The average molecular weight is 472 g/mol. The standard InChI is InChI=1S/C23H23N3O2.H2O4S/c1-2-26(17-19-6-4-3-5-7-19)22-14-8-18(9-15-22)16-24-25-21-12-10-20(11-13-21)23(27)28;1-5(2,3)4/h3-16,25H,2,17H2,1H3,(H,27,28);(H2,1,2,3,4). The number of anilines is 2. The summed E-state index contributed by atoms with van der Waals surface area (Å²) in [4.78, 5) is 13.2. The van der Waals surface area contributed by atoms with Gasteiger partial charge in [0.25, 0.3) is 0 Å². The molecule has 0 unspecified atom stereocenters. The number of carbonyl (C=O) groups is 1. The Balaban J connectivity index is 0.000000696. The van der Waals surface area contributed by atoms with Crippen molar-refractivity contribution < 1.29 is 27.4 Å². The minimum atomic E-state index is -4.67. The summed E-state index contributed by atoms with van der Waals surface area (Å²) in [5.41, 5.74) is 7.33. The molecule has 0 spiro atoms. The normalized spacial score (nSPS) is 10.9. The number of benzene rings is 3. The van der Waals surface area contributed by atoms with Crippen molar-refractivity contribution in [2.24, 2.45) is 5.10 Å². The highest BCUT2D eigenvalue weighted by Crippen LogP contribution is 2.17. The highest BCUT2D eigenvalue weighted by Gasteiger charge is 2.05. The van der Waals surface area contributed by atoms with E-state index >= 15 is 0 Å². The number of nitrogens with zero attached hydrogens (tertiary/aromatic N) is 2. The van der Waals surface area contributed by atoms with Crippen LogP contribution in [0.5, 0.6) is 0 Å². The summed E-state index contributed by atoms with van der Waals surface area (Å²) in [6.07, 6.45) is 1.74. The zero-order valence-corrected chi connectivity index (χ0v) is 18.7. The van der Waals surface area contributed by atoms with E-state index in [4.69, 9.17) is 22.6 Å². The fourth-order valence-electron chi connectivity index (χ4n) is 2.83. The minimum absolute atomic E-state index is 0.251. The molecular weight excluding hydrogens is 446 g/mol. The second-order valence-corrected chi connectivity index (χ2v) is 7.69. The van der Waals surface area contributed by atoms with Gasteiger partial charge in [-0.05, 0) is 54.4 Å². The quantitative estimate of drug-likeness (QED) is 0.218. The van der Waals surface area contributed by atoms with Gasteiger partial charge in [-0.1, -0.05) is 42.5 Å². The fraction of sp³-hybridized carbons (Fsp3) is 0.130. The molecule has 4 N–H and O–H groups in total. The van der Waals surface area contributed by atoms with Crippen molar-refractivity contribution in [1.29, 1.82) is 0 Å². The van der Waals surface area contributed by atoms with Crippen LogP contribution < -0.4 is 10.3 Å². The molecule has 3 rings (SSSR count). The number of hydrogen-bond acceptors (Lipinski definition) is 6. The minimum Gasteiger partial charge on any atom is -0.478 e. The topological polar surface area (TPSA) is 140 Å². The maximum Gasteiger partial charge on any atom is 0.394 e. The fourth-order valence-corrected chi connectivity index (χ4v) is 2.83. The lowest BCUT2D eigenvalue weighted by atomic mass is 10.1. The first-order valence-corrected chi connectivity index (χ1v) is 11.3. The lowest BCUT2D eigenvalue weighted by Gasteiger charge is -2.23. The summed E-state index contributed by atoms with van der Waals surface area (Å²) in [7, 11) is -4.67. The molecule has 0 aliphatic carbocycles. The summed E-state index contributed by atoms with van der Waals surface area (Å²) < 4.78 is 31.6. The Kier molecular flexibility index (Phi) is 9.55. The number of hydrazone groups is 1. The molecule has 0 aliphatic heterocycles. The predicted octanol–water partition coefficient (Wildman–Crippen LogP) is 4.20. The van der Waals surface area contributed by atoms with Gasteiger partial charge in [-0.2, -0.15) is 13.5 Å². The molecule has 0 saturated heterocycles. The monoisotopic (exact) mass is 471 g/mol. The molecule has 3 aromatic rings. The van der Waals surface area contributed by atoms with Gasteiger partial charge in [0.2, 0.25) is 0 Å². The Labute approximate surface area is 192 Å². The third-order valence-electron chi connectivity index (χ3n) is 4.40. The molecule has 3 aromatic carbocycles. The molecule has 0 aromatic heterocycles. The number of carboxylic acid groups (broad SMARTS) is 1. The van der Waals surface area contributed by atoms with E-state index in [-0.39, 0.29) is 5.56 Å². The van der Waals surface area contributed by atoms with E-state index < -0.39 is 16.4 Å². The number of rotatable bonds is 8. The van der Waals surface area contributed by atoms with Crippen molar-refractivity contribution in [2.45, 2.75) is 13.5 Å². The molecule has 33 heavy (non-hydrogen) atoms. The molecule has 0 bridgehead atoms. The van der Waals surface area contributed by atoms with Gasteiger partial charge in [0.05, 0.1) is 17.5 Å². The maximum atomic E-state index is 10.9. The highest BCUT2D eigenvalue weighted by molar-refractivity contribution is 7.79. The van der Waals surface area contributed by atoms with Crippen LogP contribution in [0.25, 0.3) is 0 Å². The SMILES string of the molecule is CCN(Cc1ccccc1)c1ccc(C=NNc2ccc(C(=O)O)cc2)cc1.O=S(=O)(O)O. The molecule has 0 amide bonds. The number of aromatic carboxylic acids is 1. The molecule has 0 fully saturated rings. The molecule has 0 heterocycles. The van der Waals surface area contributed by atoms with E-state index in [1.54, 1.807) is 30.5 Å². The van der Waals surface area contributed by atoms with Gasteiger partial charge in [0.15, 0.2) is 0 Å². The van der Waals surface area contributed by atoms with Crippen LogP contribution >= 0.6 is 0 Å². The summed E-state index contributed by atoms with van der Waals surface area (Å²) in [6, 6.07) is 25.1. The van der Waals surface area contributed by atoms with E-state index in [0.29, 0.717) is 0 Å². The van der Waals surface area contributed by atoms with Gasteiger partial charge >= 0.3 is 16.4 Å². The smallest absolute Gasteiger partial charge is 0.394 e. The Hall–Kier alpha value is -3.73. The third-order valence-corrected chi connectivity index (χ3v) is 4.40. The second-order valence-electron chi connectivity index (χ2n) is 6.79. The van der Waals surface area contributed by atoms with Gasteiger partial charge < -0.3 is 10.0 Å². The first-order chi connectivity index (χ1) is 15.7. The van der Waals surface area contributed by atoms with Crippen LogP contribution in [0.1, 0.15) is 28.4 Å². The van der Waals surface area contributed by atoms with Gasteiger partial charge in [0, 0.05) is 18.8 Å². The summed E-state index contributed by atoms with van der Waals surface area (Å²) in [5, 5.41) is 13.1. The van der Waals surface area contributed by atoms with Crippen LogP contribution in [0.2, 0.25) is 0 Å². The summed E-state index contributed by atoms with van der Waals surface area (Å²) in [5.74, 6) is -0.941. The van der Waals surface area contributed by atoms with Crippen LogP contribution in [0.3, 0.4) is 0 Å². The Bertz CT molecular complexity index is 1140. The van der Waals surface area contributed by atoms with Crippen LogP contribution in [0.4, 0.5) is 11.4 Å². The number of carboxylic acids is 1. The van der Waals surface area contributed by atoms with Crippen molar-refractivity contribution in [2.75, 3.05) is 16.9 Å². The van der Waals surface area contributed by atoms with E-state index in [1.165, 1.54) is 11.3 Å². The third kappa shape index (κ3) is 9.95. The van der Waals surface area contributed by atoms with E-state index in [2.05, 4.69) is 58.7 Å². The Morgan fingerprint density at radius 1 is 0.970 bits per heavy atom. The molecule has 0 radical (unpaired) electrons. The Morgan fingerprint density at radius 3 is 2.06 bits per heavy atom. The molecule has 0 atom stereocenters. The number of nitrogens with one attached hydrogen (secondary N) is 1. The largest absolute Gasteiger partial charge is 0.478 e.